The second-order valence-electron chi connectivity index (χ2n) is 5.77. The predicted octanol–water partition coefficient (Wildman–Crippen LogP) is 4.82. The van der Waals surface area contributed by atoms with Crippen molar-refractivity contribution in [3.05, 3.63) is 78.4 Å². The summed E-state index contributed by atoms with van der Waals surface area (Å²) in [6, 6.07) is 23.9. The molecule has 0 amide bonds. The van der Waals surface area contributed by atoms with Crippen molar-refractivity contribution in [3.63, 3.8) is 0 Å². The Morgan fingerprint density at radius 1 is 0.880 bits per heavy atom. The lowest BCUT2D eigenvalue weighted by Gasteiger charge is -2.07. The largest absolute Gasteiger partial charge is 0.497 e. The quantitative estimate of drug-likeness (QED) is 0.571. The monoisotopic (exact) mass is 330 g/mol. The lowest BCUT2D eigenvalue weighted by molar-refractivity contribution is 0.306. The first-order valence-electron chi connectivity index (χ1n) is 8.13. The van der Waals surface area contributed by atoms with Crippen molar-refractivity contribution in [3.8, 4) is 22.9 Å². The first-order valence-corrected chi connectivity index (χ1v) is 8.13. The number of imidazole rings is 1. The average molecular weight is 330 g/mol. The van der Waals surface area contributed by atoms with Crippen LogP contribution < -0.4 is 9.47 Å². The van der Waals surface area contributed by atoms with E-state index in [2.05, 4.69) is 22.1 Å². The van der Waals surface area contributed by atoms with Gasteiger partial charge in [-0.2, -0.15) is 0 Å². The molecule has 0 saturated carbocycles. The van der Waals surface area contributed by atoms with Crippen molar-refractivity contribution in [2.24, 2.45) is 0 Å². The second kappa shape index (κ2) is 6.69. The summed E-state index contributed by atoms with van der Waals surface area (Å²) in [4.78, 5) is 7.99. The smallest absolute Gasteiger partial charge is 0.138 e. The van der Waals surface area contributed by atoms with Crippen LogP contribution in [0.2, 0.25) is 0 Å². The number of methoxy groups -OCH3 is 1. The Hall–Kier alpha value is -3.27. The van der Waals surface area contributed by atoms with Crippen LogP contribution in [-0.2, 0) is 6.61 Å². The van der Waals surface area contributed by atoms with Crippen molar-refractivity contribution in [1.29, 1.82) is 0 Å². The number of H-pyrrole nitrogens is 1. The molecule has 4 rings (SSSR count). The fourth-order valence-electron chi connectivity index (χ4n) is 2.73. The molecule has 1 N–H and O–H groups in total. The minimum absolute atomic E-state index is 0.543. The standard InChI is InChI=1S/C21H18N2O2/c1-24-17-10-11-19-20(13-17)23-21(22-19)16-8-5-9-18(12-16)25-14-15-6-3-2-4-7-15/h2-13H,14H2,1H3,(H,22,23). The SMILES string of the molecule is COc1ccc2nc(-c3cccc(OCc4ccccc4)c3)[nH]c2c1. The number of rotatable bonds is 5. The molecule has 1 aromatic heterocycles. The Bertz CT molecular complexity index is 993. The molecule has 0 spiro atoms. The highest BCUT2D eigenvalue weighted by Crippen LogP contribution is 2.26. The van der Waals surface area contributed by atoms with Crippen molar-refractivity contribution in [1.82, 2.24) is 9.97 Å². The molecule has 0 aliphatic rings. The lowest BCUT2D eigenvalue weighted by Crippen LogP contribution is -1.95. The van der Waals surface area contributed by atoms with E-state index >= 15 is 0 Å². The highest BCUT2D eigenvalue weighted by Gasteiger charge is 2.07. The molecule has 25 heavy (non-hydrogen) atoms. The number of aromatic amines is 1. The minimum Gasteiger partial charge on any atom is -0.497 e. The third-order valence-electron chi connectivity index (χ3n) is 4.04. The number of benzene rings is 3. The van der Waals surface area contributed by atoms with E-state index in [1.807, 2.05) is 60.7 Å². The Morgan fingerprint density at radius 3 is 2.60 bits per heavy atom. The van der Waals surface area contributed by atoms with Crippen LogP contribution in [0.5, 0.6) is 11.5 Å². The first-order chi connectivity index (χ1) is 12.3. The molecule has 0 aliphatic heterocycles. The molecule has 0 bridgehead atoms. The molecule has 0 unspecified atom stereocenters. The molecule has 0 atom stereocenters. The summed E-state index contributed by atoms with van der Waals surface area (Å²) in [7, 11) is 1.66. The third-order valence-corrected chi connectivity index (χ3v) is 4.04. The van der Waals surface area contributed by atoms with E-state index in [-0.39, 0.29) is 0 Å². The highest BCUT2D eigenvalue weighted by atomic mass is 16.5. The number of hydrogen-bond donors (Lipinski definition) is 1. The van der Waals surface area contributed by atoms with Gasteiger partial charge < -0.3 is 14.5 Å². The third kappa shape index (κ3) is 3.33. The Labute approximate surface area is 146 Å². The first kappa shape index (κ1) is 15.3. The van der Waals surface area contributed by atoms with E-state index < -0.39 is 0 Å². The van der Waals surface area contributed by atoms with Gasteiger partial charge in [0, 0.05) is 11.6 Å². The van der Waals surface area contributed by atoms with Crippen LogP contribution in [0.1, 0.15) is 5.56 Å². The number of nitrogens with zero attached hydrogens (tertiary/aromatic N) is 1. The van der Waals surface area contributed by atoms with Gasteiger partial charge in [0.25, 0.3) is 0 Å². The molecule has 0 fully saturated rings. The minimum atomic E-state index is 0.543. The molecular formula is C21H18N2O2. The van der Waals surface area contributed by atoms with Crippen molar-refractivity contribution in [2.45, 2.75) is 6.61 Å². The zero-order valence-electron chi connectivity index (χ0n) is 13.9. The van der Waals surface area contributed by atoms with Crippen LogP contribution in [-0.4, -0.2) is 17.1 Å². The highest BCUT2D eigenvalue weighted by molar-refractivity contribution is 5.80. The van der Waals surface area contributed by atoms with Gasteiger partial charge in [0.2, 0.25) is 0 Å². The van der Waals surface area contributed by atoms with Crippen LogP contribution in [0.4, 0.5) is 0 Å². The van der Waals surface area contributed by atoms with Crippen molar-refractivity contribution in [2.75, 3.05) is 7.11 Å². The number of nitrogens with one attached hydrogen (secondary N) is 1. The van der Waals surface area contributed by atoms with E-state index in [1.165, 1.54) is 0 Å². The zero-order valence-corrected chi connectivity index (χ0v) is 13.9. The summed E-state index contributed by atoms with van der Waals surface area (Å²) in [6.07, 6.45) is 0. The Morgan fingerprint density at radius 2 is 1.76 bits per heavy atom. The summed E-state index contributed by atoms with van der Waals surface area (Å²) < 4.78 is 11.2. The van der Waals surface area contributed by atoms with Crippen LogP contribution >= 0.6 is 0 Å². The second-order valence-corrected chi connectivity index (χ2v) is 5.77. The van der Waals surface area contributed by atoms with Gasteiger partial charge in [-0.1, -0.05) is 42.5 Å². The topological polar surface area (TPSA) is 47.1 Å². The molecule has 1 heterocycles. The molecule has 0 saturated heterocycles. The van der Waals surface area contributed by atoms with Gasteiger partial charge in [0.1, 0.15) is 23.9 Å². The number of aromatic nitrogens is 2. The zero-order chi connectivity index (χ0) is 17.1. The Balaban J connectivity index is 1.58. The van der Waals surface area contributed by atoms with Gasteiger partial charge in [-0.3, -0.25) is 0 Å². The van der Waals surface area contributed by atoms with Gasteiger partial charge in [-0.05, 0) is 29.8 Å². The summed E-state index contributed by atoms with van der Waals surface area (Å²) in [6.45, 7) is 0.543. The summed E-state index contributed by atoms with van der Waals surface area (Å²) >= 11 is 0. The molecule has 4 heteroatoms. The summed E-state index contributed by atoms with van der Waals surface area (Å²) in [5, 5.41) is 0. The maximum atomic E-state index is 5.90. The summed E-state index contributed by atoms with van der Waals surface area (Å²) in [5.74, 6) is 2.44. The molecule has 0 radical (unpaired) electrons. The van der Waals surface area contributed by atoms with Gasteiger partial charge in [0.05, 0.1) is 18.1 Å². The van der Waals surface area contributed by atoms with Crippen molar-refractivity contribution >= 4 is 11.0 Å². The van der Waals surface area contributed by atoms with Crippen LogP contribution in [0.25, 0.3) is 22.4 Å². The van der Waals surface area contributed by atoms with E-state index in [9.17, 15) is 0 Å². The number of ether oxygens (including phenoxy) is 2. The van der Waals surface area contributed by atoms with E-state index in [1.54, 1.807) is 7.11 Å². The lowest BCUT2D eigenvalue weighted by atomic mass is 10.2. The van der Waals surface area contributed by atoms with Gasteiger partial charge >= 0.3 is 0 Å². The Kier molecular flexibility index (Phi) is 4.09. The average Bonchev–Trinajstić information content (AvgIpc) is 3.10. The summed E-state index contributed by atoms with van der Waals surface area (Å²) in [5.41, 5.74) is 3.99. The normalized spacial score (nSPS) is 10.8. The van der Waals surface area contributed by atoms with Crippen LogP contribution in [0.3, 0.4) is 0 Å². The van der Waals surface area contributed by atoms with E-state index in [0.29, 0.717) is 6.61 Å². The molecule has 4 aromatic rings. The predicted molar refractivity (Wildman–Crippen MR) is 98.9 cm³/mol. The fourth-order valence-corrected chi connectivity index (χ4v) is 2.73. The number of hydrogen-bond acceptors (Lipinski definition) is 3. The fraction of sp³-hybridized carbons (Fsp3) is 0.0952. The maximum absolute atomic E-state index is 5.90. The molecule has 0 aliphatic carbocycles. The van der Waals surface area contributed by atoms with E-state index in [0.717, 1.165) is 39.5 Å². The van der Waals surface area contributed by atoms with Crippen LogP contribution in [0, 0.1) is 0 Å². The molecular weight excluding hydrogens is 312 g/mol. The maximum Gasteiger partial charge on any atom is 0.138 e. The molecule has 124 valence electrons. The van der Waals surface area contributed by atoms with Gasteiger partial charge in [-0.15, -0.1) is 0 Å². The van der Waals surface area contributed by atoms with E-state index in [4.69, 9.17) is 9.47 Å². The number of fused-ring (bicyclic) bond motifs is 1. The van der Waals surface area contributed by atoms with Gasteiger partial charge in [0.15, 0.2) is 0 Å². The molecule has 4 nitrogen and oxygen atoms in total. The van der Waals surface area contributed by atoms with Gasteiger partial charge in [-0.25, -0.2) is 4.98 Å². The molecule has 3 aromatic carbocycles. The van der Waals surface area contributed by atoms with Crippen molar-refractivity contribution < 1.29 is 9.47 Å². The van der Waals surface area contributed by atoms with Crippen LogP contribution in [0.15, 0.2) is 72.8 Å².